The summed E-state index contributed by atoms with van der Waals surface area (Å²) < 4.78 is 14.9. The molecule has 0 saturated carbocycles. The third-order valence-corrected chi connectivity index (χ3v) is 3.89. The zero-order valence-electron chi connectivity index (χ0n) is 15.1. The maximum atomic E-state index is 13.3. The monoisotopic (exact) mass is 369 g/mol. The molecule has 3 rings (SSSR count). The minimum atomic E-state index is -0.533. The molecule has 140 valence electrons. The summed E-state index contributed by atoms with van der Waals surface area (Å²) in [5.41, 5.74) is 0.993. The van der Waals surface area contributed by atoms with Crippen LogP contribution >= 0.6 is 0 Å². The van der Waals surface area contributed by atoms with Gasteiger partial charge in [-0.05, 0) is 44.4 Å². The van der Waals surface area contributed by atoms with E-state index in [-0.39, 0.29) is 17.4 Å². The van der Waals surface area contributed by atoms with Gasteiger partial charge in [-0.15, -0.1) is 0 Å². The maximum Gasteiger partial charge on any atom is 0.292 e. The van der Waals surface area contributed by atoms with Gasteiger partial charge < -0.3 is 15.5 Å². The number of pyridine rings is 1. The zero-order valence-corrected chi connectivity index (χ0v) is 15.1. The number of hydrogen-bond donors (Lipinski definition) is 2. The Morgan fingerprint density at radius 3 is 2.70 bits per heavy atom. The van der Waals surface area contributed by atoms with E-state index < -0.39 is 11.7 Å². The van der Waals surface area contributed by atoms with Gasteiger partial charge in [-0.3, -0.25) is 14.0 Å². The Morgan fingerprint density at radius 1 is 1.15 bits per heavy atom. The predicted octanol–water partition coefficient (Wildman–Crippen LogP) is 2.02. The van der Waals surface area contributed by atoms with Gasteiger partial charge >= 0.3 is 0 Å². The van der Waals surface area contributed by atoms with E-state index in [1.54, 1.807) is 30.5 Å². The molecule has 3 aromatic rings. The zero-order chi connectivity index (χ0) is 19.4. The molecule has 0 fully saturated rings. The molecule has 7 nitrogen and oxygen atoms in total. The van der Waals surface area contributed by atoms with Crippen molar-refractivity contribution in [1.29, 1.82) is 0 Å². The molecule has 0 aliphatic heterocycles. The lowest BCUT2D eigenvalue weighted by Crippen LogP contribution is -2.31. The van der Waals surface area contributed by atoms with Crippen molar-refractivity contribution >= 4 is 23.0 Å². The van der Waals surface area contributed by atoms with E-state index in [9.17, 15) is 14.0 Å². The topological polar surface area (TPSA) is 78.7 Å². The van der Waals surface area contributed by atoms with Gasteiger partial charge in [0.25, 0.3) is 11.8 Å². The Bertz CT molecular complexity index is 983. The minimum absolute atomic E-state index is 0.0487. The van der Waals surface area contributed by atoms with Gasteiger partial charge in [-0.25, -0.2) is 9.37 Å². The summed E-state index contributed by atoms with van der Waals surface area (Å²) >= 11 is 0. The molecule has 2 N–H and O–H groups in total. The summed E-state index contributed by atoms with van der Waals surface area (Å²) in [5, 5.41) is 5.40. The van der Waals surface area contributed by atoms with E-state index in [2.05, 4.69) is 15.6 Å². The van der Waals surface area contributed by atoms with Crippen molar-refractivity contribution in [2.45, 2.75) is 0 Å². The Labute approximate surface area is 155 Å². The number of amides is 2. The second kappa shape index (κ2) is 7.96. The fraction of sp³-hybridized carbons (Fsp3) is 0.211. The van der Waals surface area contributed by atoms with Crippen LogP contribution in [0, 0.1) is 5.82 Å². The average Bonchev–Trinajstić information content (AvgIpc) is 3.01. The van der Waals surface area contributed by atoms with E-state index in [0.717, 1.165) is 0 Å². The van der Waals surface area contributed by atoms with E-state index >= 15 is 0 Å². The van der Waals surface area contributed by atoms with Crippen molar-refractivity contribution in [3.8, 4) is 0 Å². The van der Waals surface area contributed by atoms with Gasteiger partial charge in [0, 0.05) is 25.0 Å². The third kappa shape index (κ3) is 4.29. The highest BCUT2D eigenvalue weighted by Gasteiger charge is 2.21. The molecule has 0 bridgehead atoms. The number of fused-ring (bicyclic) bond motifs is 1. The Morgan fingerprint density at radius 2 is 1.96 bits per heavy atom. The number of rotatable bonds is 6. The number of anilines is 1. The number of imidazole rings is 1. The molecular weight excluding hydrogens is 349 g/mol. The summed E-state index contributed by atoms with van der Waals surface area (Å²) in [6.45, 7) is 1.15. The quantitative estimate of drug-likeness (QED) is 0.697. The van der Waals surface area contributed by atoms with Gasteiger partial charge in [0.1, 0.15) is 5.82 Å². The maximum absolute atomic E-state index is 13.3. The molecule has 27 heavy (non-hydrogen) atoms. The third-order valence-electron chi connectivity index (χ3n) is 3.89. The summed E-state index contributed by atoms with van der Waals surface area (Å²) in [4.78, 5) is 31.3. The number of carbonyl (C=O) groups excluding carboxylic acids is 2. The SMILES string of the molecule is CN(C)CCNC(=O)c1nc(C(=O)Nc2cccc(F)c2)n2ccccc12. The molecular formula is C19H20FN5O2. The van der Waals surface area contributed by atoms with Crippen LogP contribution in [0.2, 0.25) is 0 Å². The first-order valence-electron chi connectivity index (χ1n) is 8.42. The first kappa shape index (κ1) is 18.5. The number of hydrogen-bond acceptors (Lipinski definition) is 4. The Hall–Kier alpha value is -3.26. The van der Waals surface area contributed by atoms with Crippen molar-refractivity contribution in [2.24, 2.45) is 0 Å². The molecule has 0 radical (unpaired) electrons. The molecule has 2 heterocycles. The van der Waals surface area contributed by atoms with Crippen molar-refractivity contribution in [2.75, 3.05) is 32.5 Å². The van der Waals surface area contributed by atoms with E-state index in [0.29, 0.717) is 24.3 Å². The normalized spacial score (nSPS) is 11.0. The van der Waals surface area contributed by atoms with Crippen LogP contribution in [0.15, 0.2) is 48.7 Å². The van der Waals surface area contributed by atoms with E-state index in [1.807, 2.05) is 19.0 Å². The minimum Gasteiger partial charge on any atom is -0.349 e. The summed E-state index contributed by atoms with van der Waals surface area (Å²) in [6, 6.07) is 10.8. The number of likely N-dealkylation sites (N-methyl/N-ethyl adjacent to an activating group) is 1. The fourth-order valence-corrected chi connectivity index (χ4v) is 2.60. The molecule has 0 atom stereocenters. The molecule has 0 aliphatic carbocycles. The summed E-state index contributed by atoms with van der Waals surface area (Å²) in [6.07, 6.45) is 1.65. The van der Waals surface area contributed by atoms with Crippen molar-refractivity contribution < 1.29 is 14.0 Å². The largest absolute Gasteiger partial charge is 0.349 e. The van der Waals surface area contributed by atoms with Crippen LogP contribution in [0.3, 0.4) is 0 Å². The van der Waals surface area contributed by atoms with Crippen molar-refractivity contribution in [3.63, 3.8) is 0 Å². The highest BCUT2D eigenvalue weighted by atomic mass is 19.1. The second-order valence-electron chi connectivity index (χ2n) is 6.26. The van der Waals surface area contributed by atoms with Crippen LogP contribution in [0.4, 0.5) is 10.1 Å². The standard InChI is InChI=1S/C19H20FN5O2/c1-24(2)11-9-21-18(26)16-15-8-3-4-10-25(15)17(23-16)19(27)22-14-7-5-6-13(20)12-14/h3-8,10,12H,9,11H2,1-2H3,(H,21,26)(H,22,27). The van der Waals surface area contributed by atoms with Crippen LogP contribution in [0.5, 0.6) is 0 Å². The van der Waals surface area contributed by atoms with Crippen LogP contribution in [0.25, 0.3) is 5.52 Å². The first-order valence-corrected chi connectivity index (χ1v) is 8.42. The summed E-state index contributed by atoms with van der Waals surface area (Å²) in [7, 11) is 3.82. The van der Waals surface area contributed by atoms with Crippen LogP contribution < -0.4 is 10.6 Å². The number of nitrogens with zero attached hydrogens (tertiary/aromatic N) is 3. The number of nitrogens with one attached hydrogen (secondary N) is 2. The number of benzene rings is 1. The van der Waals surface area contributed by atoms with Gasteiger partial charge in [0.2, 0.25) is 5.82 Å². The molecule has 0 unspecified atom stereocenters. The van der Waals surface area contributed by atoms with Crippen LogP contribution in [-0.2, 0) is 0 Å². The highest BCUT2D eigenvalue weighted by Crippen LogP contribution is 2.16. The smallest absolute Gasteiger partial charge is 0.292 e. The average molecular weight is 369 g/mol. The lowest BCUT2D eigenvalue weighted by Gasteiger charge is -2.09. The van der Waals surface area contributed by atoms with E-state index in [1.165, 1.54) is 22.6 Å². The second-order valence-corrected chi connectivity index (χ2v) is 6.26. The molecule has 2 amide bonds. The number of carbonyl (C=O) groups is 2. The van der Waals surface area contributed by atoms with Gasteiger partial charge in [-0.1, -0.05) is 12.1 Å². The number of aromatic nitrogens is 2. The van der Waals surface area contributed by atoms with E-state index in [4.69, 9.17) is 0 Å². The van der Waals surface area contributed by atoms with Crippen molar-refractivity contribution in [3.05, 3.63) is 66.0 Å². The predicted molar refractivity (Wildman–Crippen MR) is 100 cm³/mol. The van der Waals surface area contributed by atoms with Crippen LogP contribution in [0.1, 0.15) is 21.1 Å². The summed E-state index contributed by atoms with van der Waals surface area (Å²) in [5.74, 6) is -1.30. The first-order chi connectivity index (χ1) is 13.0. The lowest BCUT2D eigenvalue weighted by molar-refractivity contribution is 0.0948. The molecule has 1 aromatic carbocycles. The van der Waals surface area contributed by atoms with Gasteiger partial charge in [-0.2, -0.15) is 0 Å². The Kier molecular flexibility index (Phi) is 5.46. The molecule has 8 heteroatoms. The van der Waals surface area contributed by atoms with Gasteiger partial charge in [0.15, 0.2) is 5.69 Å². The highest BCUT2D eigenvalue weighted by molar-refractivity contribution is 6.06. The van der Waals surface area contributed by atoms with Crippen molar-refractivity contribution in [1.82, 2.24) is 19.6 Å². The molecule has 0 aliphatic rings. The molecule has 0 spiro atoms. The molecule has 2 aromatic heterocycles. The number of halogens is 1. The fourth-order valence-electron chi connectivity index (χ4n) is 2.60. The van der Waals surface area contributed by atoms with Gasteiger partial charge in [0.05, 0.1) is 5.52 Å². The lowest BCUT2D eigenvalue weighted by atomic mass is 10.3. The molecule has 0 saturated heterocycles. The Balaban J connectivity index is 1.87. The van der Waals surface area contributed by atoms with Crippen LogP contribution in [-0.4, -0.2) is 53.3 Å².